The van der Waals surface area contributed by atoms with Gasteiger partial charge in [0.1, 0.15) is 11.3 Å². The number of rotatable bonds is 5. The second-order valence-electron chi connectivity index (χ2n) is 5.78. The van der Waals surface area contributed by atoms with Crippen LogP contribution in [-0.4, -0.2) is 16.2 Å². The molecule has 0 unspecified atom stereocenters. The maximum atomic E-state index is 11.5. The van der Waals surface area contributed by atoms with Crippen molar-refractivity contribution in [1.82, 2.24) is 0 Å². The highest BCUT2D eigenvalue weighted by Crippen LogP contribution is 2.28. The van der Waals surface area contributed by atoms with E-state index >= 15 is 0 Å². The second kappa shape index (κ2) is 7.01. The monoisotopic (exact) mass is 318 g/mol. The lowest BCUT2D eigenvalue weighted by Gasteiger charge is -2.11. The minimum Gasteiger partial charge on any atom is -0.507 e. The zero-order valence-corrected chi connectivity index (χ0v) is 13.1. The average molecular weight is 318 g/mol. The van der Waals surface area contributed by atoms with Gasteiger partial charge in [0.15, 0.2) is 0 Å². The summed E-state index contributed by atoms with van der Waals surface area (Å²) in [6.07, 6.45) is 1.12. The van der Waals surface area contributed by atoms with Crippen LogP contribution in [0.3, 0.4) is 0 Å². The van der Waals surface area contributed by atoms with Crippen molar-refractivity contribution in [3.05, 3.63) is 101 Å². The molecule has 120 valence electrons. The van der Waals surface area contributed by atoms with E-state index in [1.54, 1.807) is 6.07 Å². The average Bonchev–Trinajstić information content (AvgIpc) is 2.59. The van der Waals surface area contributed by atoms with Crippen LogP contribution in [0.5, 0.6) is 5.75 Å². The van der Waals surface area contributed by atoms with Crippen molar-refractivity contribution in [2.75, 3.05) is 0 Å². The summed E-state index contributed by atoms with van der Waals surface area (Å²) in [7, 11) is 0. The normalized spacial score (nSPS) is 10.5. The van der Waals surface area contributed by atoms with Gasteiger partial charge in [-0.2, -0.15) is 0 Å². The van der Waals surface area contributed by atoms with E-state index in [0.29, 0.717) is 18.4 Å². The van der Waals surface area contributed by atoms with E-state index in [0.717, 1.165) is 16.7 Å². The van der Waals surface area contributed by atoms with Gasteiger partial charge >= 0.3 is 5.97 Å². The molecule has 3 aromatic carbocycles. The van der Waals surface area contributed by atoms with E-state index < -0.39 is 5.97 Å². The molecule has 0 heterocycles. The second-order valence-corrected chi connectivity index (χ2v) is 5.78. The molecule has 0 saturated carbocycles. The highest BCUT2D eigenvalue weighted by Gasteiger charge is 2.16. The summed E-state index contributed by atoms with van der Waals surface area (Å²) in [5.41, 5.74) is 3.59. The molecule has 0 aromatic heterocycles. The Morgan fingerprint density at radius 3 is 1.83 bits per heavy atom. The molecular formula is C21H18O3. The summed E-state index contributed by atoms with van der Waals surface area (Å²) < 4.78 is 0. The van der Waals surface area contributed by atoms with Crippen LogP contribution in [0.25, 0.3) is 0 Å². The fraction of sp³-hybridized carbons (Fsp3) is 0.0952. The first kappa shape index (κ1) is 15.8. The fourth-order valence-corrected chi connectivity index (χ4v) is 2.81. The van der Waals surface area contributed by atoms with E-state index in [1.165, 1.54) is 0 Å². The zero-order chi connectivity index (χ0) is 16.9. The third-order valence-electron chi connectivity index (χ3n) is 3.97. The number of hydrogen-bond donors (Lipinski definition) is 2. The molecule has 0 aliphatic rings. The third kappa shape index (κ3) is 3.63. The minimum atomic E-state index is -1.11. The Kier molecular flexibility index (Phi) is 4.62. The summed E-state index contributed by atoms with van der Waals surface area (Å²) in [6.45, 7) is 0. The Morgan fingerprint density at radius 2 is 1.29 bits per heavy atom. The van der Waals surface area contributed by atoms with Gasteiger partial charge in [-0.05, 0) is 34.7 Å². The summed E-state index contributed by atoms with van der Waals surface area (Å²) >= 11 is 0. The topological polar surface area (TPSA) is 57.5 Å². The van der Waals surface area contributed by atoms with Gasteiger partial charge in [0, 0.05) is 6.42 Å². The molecule has 0 aliphatic heterocycles. The van der Waals surface area contributed by atoms with Gasteiger partial charge in [-0.25, -0.2) is 4.79 Å². The lowest BCUT2D eigenvalue weighted by atomic mass is 9.95. The highest BCUT2D eigenvalue weighted by atomic mass is 16.4. The molecule has 3 heteroatoms. The van der Waals surface area contributed by atoms with Crippen LogP contribution in [0.2, 0.25) is 0 Å². The number of phenols is 1. The number of hydrogen-bond acceptors (Lipinski definition) is 2. The molecule has 0 fully saturated rings. The van der Waals surface area contributed by atoms with Crippen LogP contribution in [-0.2, 0) is 12.8 Å². The van der Waals surface area contributed by atoms with Crippen LogP contribution in [0.15, 0.2) is 72.8 Å². The molecule has 2 N–H and O–H groups in total. The Bertz CT molecular complexity index is 840. The molecule has 3 rings (SSSR count). The van der Waals surface area contributed by atoms with E-state index in [1.807, 2.05) is 66.7 Å². The number of aromatic hydroxyl groups is 1. The summed E-state index contributed by atoms with van der Waals surface area (Å²) in [5, 5.41) is 19.7. The lowest BCUT2D eigenvalue weighted by Crippen LogP contribution is -2.03. The predicted molar refractivity (Wildman–Crippen MR) is 93.6 cm³/mol. The van der Waals surface area contributed by atoms with Crippen LogP contribution in [0.1, 0.15) is 32.6 Å². The van der Waals surface area contributed by atoms with Gasteiger partial charge in [-0.3, -0.25) is 0 Å². The largest absolute Gasteiger partial charge is 0.507 e. The SMILES string of the molecule is O=C(O)c1cc(Cc2ccccc2)cc(Cc2ccccc2)c1O. The molecule has 0 amide bonds. The van der Waals surface area contributed by atoms with Crippen molar-refractivity contribution < 1.29 is 15.0 Å². The fourth-order valence-electron chi connectivity index (χ4n) is 2.81. The van der Waals surface area contributed by atoms with Gasteiger partial charge in [-0.1, -0.05) is 66.7 Å². The molecule has 3 aromatic rings. The maximum absolute atomic E-state index is 11.5. The summed E-state index contributed by atoms with van der Waals surface area (Å²) in [6, 6.07) is 23.0. The van der Waals surface area contributed by atoms with E-state index in [9.17, 15) is 15.0 Å². The van der Waals surface area contributed by atoms with E-state index in [-0.39, 0.29) is 11.3 Å². The van der Waals surface area contributed by atoms with Crippen LogP contribution >= 0.6 is 0 Å². The molecular weight excluding hydrogens is 300 g/mol. The van der Waals surface area contributed by atoms with Gasteiger partial charge in [-0.15, -0.1) is 0 Å². The minimum absolute atomic E-state index is 0.0469. The Labute approximate surface area is 140 Å². The first-order valence-corrected chi connectivity index (χ1v) is 7.79. The molecule has 0 bridgehead atoms. The standard InChI is InChI=1S/C21H18O3/c22-20-18(12-16-9-5-2-6-10-16)13-17(14-19(20)21(23)24)11-15-7-3-1-4-8-15/h1-10,13-14,22H,11-12H2,(H,23,24). The van der Waals surface area contributed by atoms with E-state index in [2.05, 4.69) is 0 Å². The maximum Gasteiger partial charge on any atom is 0.339 e. The molecule has 0 radical (unpaired) electrons. The van der Waals surface area contributed by atoms with Crippen LogP contribution < -0.4 is 0 Å². The Hall–Kier alpha value is -3.07. The van der Waals surface area contributed by atoms with Gasteiger partial charge in [0.05, 0.1) is 0 Å². The quantitative estimate of drug-likeness (QED) is 0.738. The van der Waals surface area contributed by atoms with Gasteiger partial charge in [0.25, 0.3) is 0 Å². The molecule has 0 aliphatic carbocycles. The number of carboxylic acids is 1. The highest BCUT2D eigenvalue weighted by molar-refractivity contribution is 5.91. The molecule has 3 nitrogen and oxygen atoms in total. The molecule has 24 heavy (non-hydrogen) atoms. The lowest BCUT2D eigenvalue weighted by molar-refractivity contribution is 0.0693. The summed E-state index contributed by atoms with van der Waals surface area (Å²) in [5.74, 6) is -1.26. The number of benzene rings is 3. The first-order chi connectivity index (χ1) is 11.6. The first-order valence-electron chi connectivity index (χ1n) is 7.79. The van der Waals surface area contributed by atoms with Crippen molar-refractivity contribution in [1.29, 1.82) is 0 Å². The number of carboxylic acid groups (broad SMARTS) is 1. The van der Waals surface area contributed by atoms with Gasteiger partial charge in [0.2, 0.25) is 0 Å². The van der Waals surface area contributed by atoms with Crippen molar-refractivity contribution in [3.63, 3.8) is 0 Å². The Morgan fingerprint density at radius 1 is 0.750 bits per heavy atom. The third-order valence-corrected chi connectivity index (χ3v) is 3.97. The van der Waals surface area contributed by atoms with Crippen molar-refractivity contribution in [2.24, 2.45) is 0 Å². The smallest absolute Gasteiger partial charge is 0.339 e. The number of aromatic carboxylic acids is 1. The predicted octanol–water partition coefficient (Wildman–Crippen LogP) is 4.27. The molecule has 0 atom stereocenters. The molecule has 0 spiro atoms. The Balaban J connectivity index is 1.99. The van der Waals surface area contributed by atoms with Crippen molar-refractivity contribution >= 4 is 5.97 Å². The number of carbonyl (C=O) groups is 1. The van der Waals surface area contributed by atoms with Crippen molar-refractivity contribution in [3.8, 4) is 5.75 Å². The van der Waals surface area contributed by atoms with Crippen molar-refractivity contribution in [2.45, 2.75) is 12.8 Å². The van der Waals surface area contributed by atoms with E-state index in [4.69, 9.17) is 0 Å². The van der Waals surface area contributed by atoms with Crippen LogP contribution in [0.4, 0.5) is 0 Å². The summed E-state index contributed by atoms with van der Waals surface area (Å²) in [4.78, 5) is 11.5. The van der Waals surface area contributed by atoms with Crippen LogP contribution in [0, 0.1) is 0 Å². The van der Waals surface area contributed by atoms with Gasteiger partial charge < -0.3 is 10.2 Å². The zero-order valence-electron chi connectivity index (χ0n) is 13.1. The molecule has 0 saturated heterocycles.